The first-order valence-corrected chi connectivity index (χ1v) is 7.62. The maximum atomic E-state index is 12.0. The van der Waals surface area contributed by atoms with Crippen molar-refractivity contribution >= 4 is 24.0 Å². The SMILES string of the molecule is Cl.O=C(Nc1ccc(OCc2ccccc2)cc1)[C@@H]1CCCN1. The second-order valence-electron chi connectivity index (χ2n) is 5.44. The van der Waals surface area contributed by atoms with Crippen LogP contribution in [-0.2, 0) is 11.4 Å². The Kier molecular flexibility index (Phi) is 6.44. The van der Waals surface area contributed by atoms with Crippen LogP contribution in [0.25, 0.3) is 0 Å². The fourth-order valence-electron chi connectivity index (χ4n) is 2.51. The summed E-state index contributed by atoms with van der Waals surface area (Å²) in [5.74, 6) is 0.830. The molecule has 1 amide bonds. The molecule has 4 nitrogen and oxygen atoms in total. The Bertz CT molecular complexity index is 611. The van der Waals surface area contributed by atoms with Crippen LogP contribution in [-0.4, -0.2) is 18.5 Å². The number of halogens is 1. The molecule has 2 N–H and O–H groups in total. The van der Waals surface area contributed by atoms with Gasteiger partial charge in [0.2, 0.25) is 5.91 Å². The van der Waals surface area contributed by atoms with E-state index in [1.165, 1.54) is 0 Å². The highest BCUT2D eigenvalue weighted by molar-refractivity contribution is 5.95. The van der Waals surface area contributed by atoms with Gasteiger partial charge in [-0.3, -0.25) is 4.79 Å². The molecule has 0 radical (unpaired) electrons. The van der Waals surface area contributed by atoms with Crippen LogP contribution < -0.4 is 15.4 Å². The fourth-order valence-corrected chi connectivity index (χ4v) is 2.51. The number of rotatable bonds is 5. The Morgan fingerprint density at radius 1 is 1.13 bits per heavy atom. The lowest BCUT2D eigenvalue weighted by molar-refractivity contribution is -0.117. The number of anilines is 1. The van der Waals surface area contributed by atoms with E-state index in [9.17, 15) is 4.79 Å². The molecule has 122 valence electrons. The van der Waals surface area contributed by atoms with Crippen LogP contribution in [0.15, 0.2) is 54.6 Å². The number of amides is 1. The van der Waals surface area contributed by atoms with Gasteiger partial charge in [-0.05, 0) is 49.2 Å². The first kappa shape index (κ1) is 17.3. The van der Waals surface area contributed by atoms with Gasteiger partial charge < -0.3 is 15.4 Å². The van der Waals surface area contributed by atoms with Crippen LogP contribution >= 0.6 is 12.4 Å². The predicted octanol–water partition coefficient (Wildman–Crippen LogP) is 3.38. The lowest BCUT2D eigenvalue weighted by Gasteiger charge is -2.12. The quantitative estimate of drug-likeness (QED) is 0.882. The summed E-state index contributed by atoms with van der Waals surface area (Å²) in [6.07, 6.45) is 1.97. The second kappa shape index (κ2) is 8.56. The van der Waals surface area contributed by atoms with Gasteiger partial charge in [0, 0.05) is 5.69 Å². The van der Waals surface area contributed by atoms with Crippen molar-refractivity contribution in [2.75, 3.05) is 11.9 Å². The number of nitrogens with one attached hydrogen (secondary N) is 2. The Morgan fingerprint density at radius 2 is 1.87 bits per heavy atom. The van der Waals surface area contributed by atoms with E-state index in [4.69, 9.17) is 4.74 Å². The molecule has 0 aromatic heterocycles. The molecule has 0 aliphatic carbocycles. The molecular formula is C18H21ClN2O2. The molecular weight excluding hydrogens is 312 g/mol. The van der Waals surface area contributed by atoms with Gasteiger partial charge in [-0.2, -0.15) is 0 Å². The van der Waals surface area contributed by atoms with Crippen molar-refractivity contribution in [2.45, 2.75) is 25.5 Å². The van der Waals surface area contributed by atoms with E-state index in [0.717, 1.165) is 36.4 Å². The summed E-state index contributed by atoms with van der Waals surface area (Å²) in [4.78, 5) is 12.0. The zero-order valence-corrected chi connectivity index (χ0v) is 13.6. The van der Waals surface area contributed by atoms with Gasteiger partial charge in [0.25, 0.3) is 0 Å². The molecule has 5 heteroatoms. The van der Waals surface area contributed by atoms with E-state index in [2.05, 4.69) is 10.6 Å². The van der Waals surface area contributed by atoms with Gasteiger partial charge in [0.05, 0.1) is 6.04 Å². The van der Waals surface area contributed by atoms with E-state index < -0.39 is 0 Å². The molecule has 2 aromatic carbocycles. The third kappa shape index (κ3) is 4.98. The largest absolute Gasteiger partial charge is 0.489 e. The highest BCUT2D eigenvalue weighted by Crippen LogP contribution is 2.18. The molecule has 3 rings (SSSR count). The summed E-state index contributed by atoms with van der Waals surface area (Å²) in [5.41, 5.74) is 1.93. The Hall–Kier alpha value is -2.04. The normalized spacial score (nSPS) is 16.4. The number of benzene rings is 2. The van der Waals surface area contributed by atoms with E-state index in [-0.39, 0.29) is 24.4 Å². The Morgan fingerprint density at radius 3 is 2.52 bits per heavy atom. The highest BCUT2D eigenvalue weighted by atomic mass is 35.5. The Labute approximate surface area is 142 Å². The molecule has 0 bridgehead atoms. The first-order chi connectivity index (χ1) is 10.8. The van der Waals surface area contributed by atoms with Crippen LogP contribution in [0.5, 0.6) is 5.75 Å². The average molecular weight is 333 g/mol. The number of hydrogen-bond acceptors (Lipinski definition) is 3. The van der Waals surface area contributed by atoms with Crippen LogP contribution in [0.2, 0.25) is 0 Å². The van der Waals surface area contributed by atoms with Gasteiger partial charge in [-0.1, -0.05) is 30.3 Å². The van der Waals surface area contributed by atoms with Crippen molar-refractivity contribution < 1.29 is 9.53 Å². The van der Waals surface area contributed by atoms with Crippen molar-refractivity contribution in [3.05, 3.63) is 60.2 Å². The van der Waals surface area contributed by atoms with Gasteiger partial charge in [-0.25, -0.2) is 0 Å². The molecule has 2 aromatic rings. The molecule has 1 saturated heterocycles. The van der Waals surface area contributed by atoms with E-state index >= 15 is 0 Å². The van der Waals surface area contributed by atoms with Gasteiger partial charge in [0.1, 0.15) is 12.4 Å². The molecule has 23 heavy (non-hydrogen) atoms. The van der Waals surface area contributed by atoms with Crippen molar-refractivity contribution in [2.24, 2.45) is 0 Å². The smallest absolute Gasteiger partial charge is 0.241 e. The summed E-state index contributed by atoms with van der Waals surface area (Å²) in [6.45, 7) is 1.46. The monoisotopic (exact) mass is 332 g/mol. The van der Waals surface area contributed by atoms with Crippen molar-refractivity contribution in [3.63, 3.8) is 0 Å². The minimum absolute atomic E-state index is 0. The van der Waals surface area contributed by atoms with Gasteiger partial charge in [-0.15, -0.1) is 12.4 Å². The summed E-state index contributed by atoms with van der Waals surface area (Å²) in [5, 5.41) is 6.12. The zero-order valence-electron chi connectivity index (χ0n) is 12.8. The predicted molar refractivity (Wildman–Crippen MR) is 94.1 cm³/mol. The van der Waals surface area contributed by atoms with Crippen LogP contribution in [0, 0.1) is 0 Å². The van der Waals surface area contributed by atoms with Gasteiger partial charge in [0.15, 0.2) is 0 Å². The number of ether oxygens (including phenoxy) is 1. The van der Waals surface area contributed by atoms with Crippen LogP contribution in [0.3, 0.4) is 0 Å². The number of carbonyl (C=O) groups excluding carboxylic acids is 1. The maximum absolute atomic E-state index is 12.0. The summed E-state index contributed by atoms with van der Waals surface area (Å²) in [6, 6.07) is 17.5. The third-order valence-corrected chi connectivity index (χ3v) is 3.75. The standard InChI is InChI=1S/C18H20N2O2.ClH/c21-18(17-7-4-12-19-17)20-15-8-10-16(11-9-15)22-13-14-5-2-1-3-6-14;/h1-3,5-6,8-11,17,19H,4,7,12-13H2,(H,20,21);1H/t17-;/m0./s1. The molecule has 1 aliphatic heterocycles. The molecule has 1 atom stereocenters. The van der Waals surface area contributed by atoms with E-state index in [1.54, 1.807) is 0 Å². The summed E-state index contributed by atoms with van der Waals surface area (Å²) >= 11 is 0. The zero-order chi connectivity index (χ0) is 15.2. The number of hydrogen-bond donors (Lipinski definition) is 2. The summed E-state index contributed by atoms with van der Waals surface area (Å²) < 4.78 is 5.73. The van der Waals surface area contributed by atoms with Crippen molar-refractivity contribution in [1.82, 2.24) is 5.32 Å². The van der Waals surface area contributed by atoms with Crippen LogP contribution in [0.1, 0.15) is 18.4 Å². The lowest BCUT2D eigenvalue weighted by atomic mass is 10.2. The van der Waals surface area contributed by atoms with E-state index in [1.807, 2.05) is 54.6 Å². The van der Waals surface area contributed by atoms with Gasteiger partial charge >= 0.3 is 0 Å². The molecule has 0 unspecified atom stereocenters. The molecule has 1 fully saturated rings. The Balaban J connectivity index is 0.00000192. The average Bonchev–Trinajstić information content (AvgIpc) is 3.10. The minimum atomic E-state index is -0.0611. The molecule has 0 saturated carbocycles. The second-order valence-corrected chi connectivity index (χ2v) is 5.44. The molecule has 1 heterocycles. The topological polar surface area (TPSA) is 50.4 Å². The first-order valence-electron chi connectivity index (χ1n) is 7.62. The fraction of sp³-hybridized carbons (Fsp3) is 0.278. The lowest BCUT2D eigenvalue weighted by Crippen LogP contribution is -2.35. The van der Waals surface area contributed by atoms with Crippen LogP contribution in [0.4, 0.5) is 5.69 Å². The van der Waals surface area contributed by atoms with Crippen molar-refractivity contribution in [1.29, 1.82) is 0 Å². The molecule has 0 spiro atoms. The third-order valence-electron chi connectivity index (χ3n) is 3.75. The molecule has 1 aliphatic rings. The number of carbonyl (C=O) groups is 1. The maximum Gasteiger partial charge on any atom is 0.241 e. The minimum Gasteiger partial charge on any atom is -0.489 e. The van der Waals surface area contributed by atoms with E-state index in [0.29, 0.717) is 6.61 Å². The highest BCUT2D eigenvalue weighted by Gasteiger charge is 2.21. The van der Waals surface area contributed by atoms with Crippen molar-refractivity contribution in [3.8, 4) is 5.75 Å². The summed E-state index contributed by atoms with van der Waals surface area (Å²) in [7, 11) is 0.